The van der Waals surface area contributed by atoms with Crippen LogP contribution in [0.3, 0.4) is 0 Å². The molecule has 4 aromatic heterocycles. The van der Waals surface area contributed by atoms with Crippen molar-refractivity contribution in [2.45, 2.75) is 35.7 Å². The van der Waals surface area contributed by atoms with Crippen LogP contribution in [0, 0.1) is 0 Å². The lowest BCUT2D eigenvalue weighted by molar-refractivity contribution is -0.121. The standard InChI is InChI=1S/C25H24Cl2N8O5S2/c1-13(19-22(26)30-11-32-24(19)34-15-5-7-17(28-9-15)41(3,37)38)21(36)14(2)20-23(27)31-12-33-25(20)35-16-6-8-18(29-10-16)42(4,39)40/h5-14H,1-4H3,(H,30,32,34)(H,31,33,35). The summed E-state index contributed by atoms with van der Waals surface area (Å²) in [4.78, 5) is 38.3. The van der Waals surface area contributed by atoms with Gasteiger partial charge in [-0.05, 0) is 24.3 Å². The topological polar surface area (TPSA) is 187 Å². The fraction of sp³-hybridized carbons (Fsp3) is 0.240. The van der Waals surface area contributed by atoms with Gasteiger partial charge in [0.15, 0.2) is 29.7 Å². The van der Waals surface area contributed by atoms with Gasteiger partial charge in [-0.15, -0.1) is 0 Å². The molecular weight excluding hydrogens is 627 g/mol. The lowest BCUT2D eigenvalue weighted by Crippen LogP contribution is -2.20. The number of carbonyl (C=O) groups is 1. The lowest BCUT2D eigenvalue weighted by atomic mass is 9.86. The van der Waals surface area contributed by atoms with E-state index in [0.29, 0.717) is 22.5 Å². The van der Waals surface area contributed by atoms with Crippen LogP contribution in [0.15, 0.2) is 59.4 Å². The summed E-state index contributed by atoms with van der Waals surface area (Å²) in [5.74, 6) is -1.56. The molecule has 0 bridgehead atoms. The van der Waals surface area contributed by atoms with Gasteiger partial charge >= 0.3 is 0 Å². The summed E-state index contributed by atoms with van der Waals surface area (Å²) in [6.07, 6.45) is 7.19. The second-order valence-corrected chi connectivity index (χ2v) is 13.9. The average molecular weight is 652 g/mol. The highest BCUT2D eigenvalue weighted by atomic mass is 35.5. The molecule has 0 aliphatic rings. The predicted octanol–water partition coefficient (Wildman–Crippen LogP) is 4.13. The minimum absolute atomic E-state index is 0.0343. The summed E-state index contributed by atoms with van der Waals surface area (Å²) in [6, 6.07) is 5.70. The molecule has 0 spiro atoms. The Hall–Kier alpha value is -3.79. The van der Waals surface area contributed by atoms with Gasteiger partial charge in [0, 0.05) is 35.5 Å². The van der Waals surface area contributed by atoms with Gasteiger partial charge in [0.25, 0.3) is 0 Å². The summed E-state index contributed by atoms with van der Waals surface area (Å²) in [5.41, 5.74) is 1.41. The Kier molecular flexibility index (Phi) is 9.06. The van der Waals surface area contributed by atoms with Crippen LogP contribution in [0.1, 0.15) is 36.8 Å². The first-order valence-corrected chi connectivity index (χ1v) is 16.6. The van der Waals surface area contributed by atoms with E-state index in [2.05, 4.69) is 40.5 Å². The number of hydrogen-bond acceptors (Lipinski definition) is 13. The molecule has 2 N–H and O–H groups in total. The van der Waals surface area contributed by atoms with E-state index in [1.807, 2.05) is 0 Å². The van der Waals surface area contributed by atoms with E-state index < -0.39 is 31.5 Å². The fourth-order valence-corrected chi connectivity index (χ4v) is 5.71. The van der Waals surface area contributed by atoms with Gasteiger partial charge < -0.3 is 10.6 Å². The smallest absolute Gasteiger partial charge is 0.192 e. The third kappa shape index (κ3) is 6.98. The largest absolute Gasteiger partial charge is 0.339 e. The number of halogens is 2. The Morgan fingerprint density at radius 1 is 0.667 bits per heavy atom. The first kappa shape index (κ1) is 31.2. The van der Waals surface area contributed by atoms with Crippen LogP contribution in [0.2, 0.25) is 10.3 Å². The van der Waals surface area contributed by atoms with Crippen molar-refractivity contribution in [1.29, 1.82) is 0 Å². The molecule has 0 radical (unpaired) electrons. The number of hydrogen-bond donors (Lipinski definition) is 2. The second kappa shape index (κ2) is 12.2. The molecule has 2 atom stereocenters. The monoisotopic (exact) mass is 650 g/mol. The highest BCUT2D eigenvalue weighted by Crippen LogP contribution is 2.38. The maximum Gasteiger partial charge on any atom is 0.192 e. The van der Waals surface area contributed by atoms with Gasteiger partial charge in [-0.2, -0.15) is 0 Å². The number of rotatable bonds is 10. The number of sulfone groups is 2. The molecule has 4 heterocycles. The Balaban J connectivity index is 1.63. The molecule has 220 valence electrons. The number of pyridine rings is 2. The van der Waals surface area contributed by atoms with Crippen LogP contribution in [-0.4, -0.2) is 65.0 Å². The van der Waals surface area contributed by atoms with Crippen LogP contribution < -0.4 is 10.6 Å². The van der Waals surface area contributed by atoms with Gasteiger partial charge in [0.1, 0.15) is 40.4 Å². The SMILES string of the molecule is CC(C(=O)C(C)c1c(Cl)ncnc1Nc1ccc(S(C)(=O)=O)nc1)c1c(Cl)ncnc1Nc1ccc(S(C)(=O)=O)nc1. The molecule has 13 nitrogen and oxygen atoms in total. The van der Waals surface area contributed by atoms with Gasteiger partial charge in [-0.1, -0.05) is 37.0 Å². The molecule has 17 heteroatoms. The number of anilines is 4. The molecule has 2 unspecified atom stereocenters. The fourth-order valence-electron chi connectivity index (χ4n) is 3.99. The van der Waals surface area contributed by atoms with Crippen molar-refractivity contribution < 1.29 is 21.6 Å². The molecule has 0 aliphatic carbocycles. The Morgan fingerprint density at radius 3 is 1.36 bits per heavy atom. The number of aromatic nitrogens is 6. The van der Waals surface area contributed by atoms with E-state index in [1.54, 1.807) is 13.8 Å². The third-order valence-electron chi connectivity index (χ3n) is 6.15. The van der Waals surface area contributed by atoms with E-state index in [0.717, 1.165) is 12.5 Å². The van der Waals surface area contributed by atoms with Gasteiger partial charge in [0.2, 0.25) is 0 Å². The van der Waals surface area contributed by atoms with Gasteiger partial charge in [-0.25, -0.2) is 46.7 Å². The lowest BCUT2D eigenvalue weighted by Gasteiger charge is -2.22. The molecular formula is C25H24Cl2N8O5S2. The zero-order chi connectivity index (χ0) is 30.8. The van der Waals surface area contributed by atoms with E-state index in [1.165, 1.54) is 49.3 Å². The maximum atomic E-state index is 13.8. The van der Waals surface area contributed by atoms with Crippen molar-refractivity contribution in [1.82, 2.24) is 29.9 Å². The summed E-state index contributed by atoms with van der Waals surface area (Å²) >= 11 is 12.9. The Morgan fingerprint density at radius 2 is 1.05 bits per heavy atom. The molecule has 0 amide bonds. The van der Waals surface area contributed by atoms with E-state index in [4.69, 9.17) is 23.2 Å². The van der Waals surface area contributed by atoms with Crippen LogP contribution in [0.5, 0.6) is 0 Å². The van der Waals surface area contributed by atoms with Crippen molar-refractivity contribution in [2.75, 3.05) is 23.1 Å². The predicted molar refractivity (Wildman–Crippen MR) is 157 cm³/mol. The normalized spacial score (nSPS) is 13.3. The van der Waals surface area contributed by atoms with Crippen molar-refractivity contribution >= 4 is 71.7 Å². The highest BCUT2D eigenvalue weighted by Gasteiger charge is 2.31. The summed E-state index contributed by atoms with van der Waals surface area (Å²) in [7, 11) is -6.97. The number of nitrogens with zero attached hydrogens (tertiary/aromatic N) is 6. The van der Waals surface area contributed by atoms with Crippen molar-refractivity contribution in [3.8, 4) is 0 Å². The first-order chi connectivity index (χ1) is 19.7. The number of Topliss-reactive ketones (excluding diaryl/α,β-unsaturated/α-hetero) is 1. The van der Waals surface area contributed by atoms with E-state index in [-0.39, 0.29) is 37.8 Å². The van der Waals surface area contributed by atoms with Crippen molar-refractivity contribution in [2.24, 2.45) is 0 Å². The molecule has 0 saturated heterocycles. The summed E-state index contributed by atoms with van der Waals surface area (Å²) in [5, 5.41) is 5.91. The zero-order valence-corrected chi connectivity index (χ0v) is 25.7. The average Bonchev–Trinajstić information content (AvgIpc) is 2.92. The molecule has 0 saturated carbocycles. The summed E-state index contributed by atoms with van der Waals surface area (Å²) in [6.45, 7) is 3.27. The molecule has 42 heavy (non-hydrogen) atoms. The summed E-state index contributed by atoms with van der Waals surface area (Å²) < 4.78 is 47.0. The van der Waals surface area contributed by atoms with Crippen molar-refractivity contribution in [3.05, 3.63) is 70.7 Å². The number of carbonyl (C=O) groups excluding carboxylic acids is 1. The molecule has 0 aromatic carbocycles. The van der Waals surface area contributed by atoms with E-state index >= 15 is 0 Å². The number of ketones is 1. The molecule has 4 rings (SSSR count). The van der Waals surface area contributed by atoms with Crippen LogP contribution in [0.4, 0.5) is 23.0 Å². The highest BCUT2D eigenvalue weighted by molar-refractivity contribution is 7.90. The van der Waals surface area contributed by atoms with Crippen LogP contribution >= 0.6 is 23.2 Å². The van der Waals surface area contributed by atoms with Gasteiger partial charge in [0.05, 0.1) is 23.8 Å². The third-order valence-corrected chi connectivity index (χ3v) is 8.75. The minimum atomic E-state index is -3.49. The van der Waals surface area contributed by atoms with Crippen LogP contribution in [-0.2, 0) is 24.5 Å². The van der Waals surface area contributed by atoms with Crippen molar-refractivity contribution in [3.63, 3.8) is 0 Å². The quantitative estimate of drug-likeness (QED) is 0.233. The first-order valence-electron chi connectivity index (χ1n) is 12.1. The second-order valence-electron chi connectivity index (χ2n) is 9.26. The molecule has 0 aliphatic heterocycles. The molecule has 0 fully saturated rings. The molecule has 4 aromatic rings. The van der Waals surface area contributed by atoms with E-state index in [9.17, 15) is 21.6 Å². The Bertz CT molecular complexity index is 1720. The minimum Gasteiger partial charge on any atom is -0.339 e. The Labute approximate surface area is 252 Å². The number of nitrogens with one attached hydrogen (secondary N) is 2. The van der Waals surface area contributed by atoms with Crippen LogP contribution in [0.25, 0.3) is 0 Å². The van der Waals surface area contributed by atoms with Gasteiger partial charge in [-0.3, -0.25) is 4.79 Å². The zero-order valence-electron chi connectivity index (χ0n) is 22.6. The maximum absolute atomic E-state index is 13.8.